The second-order valence-corrected chi connectivity index (χ2v) is 6.29. The van der Waals surface area contributed by atoms with Crippen molar-refractivity contribution in [2.75, 3.05) is 13.1 Å². The van der Waals surface area contributed by atoms with Crippen LogP contribution in [0.25, 0.3) is 0 Å². The second-order valence-electron chi connectivity index (χ2n) is 6.29. The fourth-order valence-electron chi connectivity index (χ4n) is 3.39. The smallest absolute Gasteiger partial charge is 0.128 e. The van der Waals surface area contributed by atoms with Crippen molar-refractivity contribution >= 4 is 0 Å². The van der Waals surface area contributed by atoms with Gasteiger partial charge < -0.3 is 0 Å². The van der Waals surface area contributed by atoms with E-state index in [9.17, 15) is 4.39 Å². The van der Waals surface area contributed by atoms with Crippen LogP contribution in [0.15, 0.2) is 48.1 Å². The number of halogens is 1. The van der Waals surface area contributed by atoms with E-state index in [-0.39, 0.29) is 11.9 Å². The van der Waals surface area contributed by atoms with Crippen molar-refractivity contribution in [1.29, 1.82) is 0 Å². The summed E-state index contributed by atoms with van der Waals surface area (Å²) in [6.45, 7) is 8.41. The van der Waals surface area contributed by atoms with Crippen LogP contribution in [-0.4, -0.2) is 18.0 Å². The molecule has 112 valence electrons. The highest BCUT2D eigenvalue weighted by Gasteiger charge is 2.35. The Hall–Kier alpha value is -1.41. The predicted molar refractivity (Wildman–Crippen MR) is 85.6 cm³/mol. The topological polar surface area (TPSA) is 3.24 Å². The molecule has 1 saturated carbocycles. The number of piperidine rings is 1. The molecule has 21 heavy (non-hydrogen) atoms. The van der Waals surface area contributed by atoms with E-state index < -0.39 is 0 Å². The third-order valence-corrected chi connectivity index (χ3v) is 4.78. The van der Waals surface area contributed by atoms with E-state index in [4.69, 9.17) is 0 Å². The van der Waals surface area contributed by atoms with Crippen molar-refractivity contribution in [2.24, 2.45) is 5.92 Å². The predicted octanol–water partition coefficient (Wildman–Crippen LogP) is 4.88. The van der Waals surface area contributed by atoms with Gasteiger partial charge in [-0.3, -0.25) is 4.90 Å². The Morgan fingerprint density at radius 1 is 1.38 bits per heavy atom. The number of hydrogen-bond acceptors (Lipinski definition) is 1. The zero-order valence-electron chi connectivity index (χ0n) is 12.8. The van der Waals surface area contributed by atoms with Crippen LogP contribution < -0.4 is 0 Å². The molecule has 0 bridgehead atoms. The first-order valence-electron chi connectivity index (χ1n) is 8.02. The Kier molecular flexibility index (Phi) is 4.25. The molecule has 0 aromatic heterocycles. The Balaban J connectivity index is 1.92. The molecule has 0 spiro atoms. The van der Waals surface area contributed by atoms with Gasteiger partial charge in [-0.2, -0.15) is 0 Å². The van der Waals surface area contributed by atoms with Crippen LogP contribution in [-0.2, 0) is 0 Å². The standard InChI is InChI=1S/C19H24FN/c1-3-15-7-6-12-21(13-15)19(14(2)16-10-11-16)17-8-4-5-9-18(17)20/h3-5,8-9,16,19H,2,6-7,10-13H2,1H3/b15-3+. The highest BCUT2D eigenvalue weighted by atomic mass is 19.1. The maximum Gasteiger partial charge on any atom is 0.128 e. The summed E-state index contributed by atoms with van der Waals surface area (Å²) in [6, 6.07) is 7.24. The van der Waals surface area contributed by atoms with E-state index in [0.29, 0.717) is 5.92 Å². The van der Waals surface area contributed by atoms with Gasteiger partial charge in [-0.1, -0.05) is 42.0 Å². The quantitative estimate of drug-likeness (QED) is 0.713. The van der Waals surface area contributed by atoms with Gasteiger partial charge in [0.05, 0.1) is 6.04 Å². The van der Waals surface area contributed by atoms with Crippen LogP contribution in [0.3, 0.4) is 0 Å². The van der Waals surface area contributed by atoms with E-state index in [1.807, 2.05) is 12.1 Å². The normalized spacial score (nSPS) is 23.2. The summed E-state index contributed by atoms with van der Waals surface area (Å²) in [6.07, 6.45) is 6.97. The lowest BCUT2D eigenvalue weighted by molar-refractivity contribution is 0.208. The molecular weight excluding hydrogens is 261 g/mol. The molecule has 1 heterocycles. The van der Waals surface area contributed by atoms with Gasteiger partial charge in [0.2, 0.25) is 0 Å². The van der Waals surface area contributed by atoms with E-state index in [0.717, 1.165) is 25.1 Å². The van der Waals surface area contributed by atoms with Gasteiger partial charge in [-0.05, 0) is 51.1 Å². The molecule has 1 aromatic carbocycles. The molecule has 1 saturated heterocycles. The number of likely N-dealkylation sites (tertiary alicyclic amines) is 1. The minimum Gasteiger partial charge on any atom is -0.289 e. The fraction of sp³-hybridized carbons (Fsp3) is 0.474. The third kappa shape index (κ3) is 3.11. The van der Waals surface area contributed by atoms with E-state index in [1.54, 1.807) is 12.1 Å². The highest BCUT2D eigenvalue weighted by Crippen LogP contribution is 2.45. The van der Waals surface area contributed by atoms with Gasteiger partial charge in [0, 0.05) is 12.1 Å². The molecular formula is C19H24FN. The Morgan fingerprint density at radius 3 is 2.81 bits per heavy atom. The van der Waals surface area contributed by atoms with Crippen LogP contribution in [0.2, 0.25) is 0 Å². The minimum absolute atomic E-state index is 0.0361. The fourth-order valence-corrected chi connectivity index (χ4v) is 3.39. The van der Waals surface area contributed by atoms with Gasteiger partial charge in [0.15, 0.2) is 0 Å². The minimum atomic E-state index is -0.100. The molecule has 0 N–H and O–H groups in total. The Labute approximate surface area is 127 Å². The van der Waals surface area contributed by atoms with Crippen molar-refractivity contribution in [2.45, 2.75) is 38.6 Å². The summed E-state index contributed by atoms with van der Waals surface area (Å²) in [5.74, 6) is 0.488. The number of hydrogen-bond donors (Lipinski definition) is 0. The van der Waals surface area contributed by atoms with Crippen LogP contribution in [0.1, 0.15) is 44.2 Å². The van der Waals surface area contributed by atoms with Crippen LogP contribution in [0.4, 0.5) is 4.39 Å². The summed E-state index contributed by atoms with van der Waals surface area (Å²) in [5.41, 5.74) is 3.47. The van der Waals surface area contributed by atoms with Crippen molar-refractivity contribution in [3.05, 3.63) is 59.4 Å². The molecule has 2 fully saturated rings. The highest BCUT2D eigenvalue weighted by molar-refractivity contribution is 5.32. The number of rotatable bonds is 4. The average Bonchev–Trinajstić information content (AvgIpc) is 3.34. The summed E-state index contributed by atoms with van der Waals surface area (Å²) in [7, 11) is 0. The third-order valence-electron chi connectivity index (χ3n) is 4.78. The molecule has 1 atom stereocenters. The summed E-state index contributed by atoms with van der Waals surface area (Å²) in [4.78, 5) is 2.41. The summed E-state index contributed by atoms with van der Waals surface area (Å²) < 4.78 is 14.3. The first-order chi connectivity index (χ1) is 10.2. The van der Waals surface area contributed by atoms with Crippen LogP contribution in [0, 0.1) is 11.7 Å². The number of nitrogens with zero attached hydrogens (tertiary/aromatic N) is 1. The summed E-state index contributed by atoms with van der Waals surface area (Å²) >= 11 is 0. The van der Waals surface area contributed by atoms with Gasteiger partial charge in [-0.25, -0.2) is 4.39 Å². The lowest BCUT2D eigenvalue weighted by Crippen LogP contribution is -2.36. The monoisotopic (exact) mass is 285 g/mol. The van der Waals surface area contributed by atoms with E-state index in [2.05, 4.69) is 24.5 Å². The van der Waals surface area contributed by atoms with E-state index in [1.165, 1.54) is 30.4 Å². The van der Waals surface area contributed by atoms with E-state index >= 15 is 0 Å². The average molecular weight is 285 g/mol. The zero-order valence-corrected chi connectivity index (χ0v) is 12.8. The number of benzene rings is 1. The first-order valence-corrected chi connectivity index (χ1v) is 8.02. The molecule has 1 aliphatic carbocycles. The number of allylic oxidation sites excluding steroid dienone is 1. The lowest BCUT2D eigenvalue weighted by Gasteiger charge is -2.37. The first kappa shape index (κ1) is 14.5. The SMILES string of the molecule is C=C(C1CC1)C(c1ccccc1F)N1CCC/C(=C\C)C1. The van der Waals surface area contributed by atoms with Crippen molar-refractivity contribution in [1.82, 2.24) is 4.90 Å². The van der Waals surface area contributed by atoms with Gasteiger partial charge in [0.1, 0.15) is 5.82 Å². The molecule has 2 heteroatoms. The zero-order chi connectivity index (χ0) is 14.8. The maximum atomic E-state index is 14.3. The molecule has 3 rings (SSSR count). The Morgan fingerprint density at radius 2 is 2.14 bits per heavy atom. The van der Waals surface area contributed by atoms with Crippen LogP contribution in [0.5, 0.6) is 0 Å². The second kappa shape index (κ2) is 6.15. The molecule has 1 aliphatic heterocycles. The van der Waals surface area contributed by atoms with Gasteiger partial charge in [0.25, 0.3) is 0 Å². The molecule has 1 unspecified atom stereocenters. The van der Waals surface area contributed by atoms with Crippen molar-refractivity contribution in [3.63, 3.8) is 0 Å². The van der Waals surface area contributed by atoms with Crippen molar-refractivity contribution in [3.8, 4) is 0 Å². The molecule has 2 aliphatic rings. The van der Waals surface area contributed by atoms with Crippen LogP contribution >= 0.6 is 0 Å². The Bertz CT molecular complexity index is 556. The van der Waals surface area contributed by atoms with Gasteiger partial charge >= 0.3 is 0 Å². The molecule has 1 nitrogen and oxygen atoms in total. The largest absolute Gasteiger partial charge is 0.289 e. The summed E-state index contributed by atoms with van der Waals surface area (Å²) in [5, 5.41) is 0. The van der Waals surface area contributed by atoms with Gasteiger partial charge in [-0.15, -0.1) is 0 Å². The molecule has 1 aromatic rings. The van der Waals surface area contributed by atoms with Crippen molar-refractivity contribution < 1.29 is 4.39 Å². The molecule has 0 radical (unpaired) electrons. The molecule has 0 amide bonds. The lowest BCUT2D eigenvalue weighted by atomic mass is 9.91. The maximum absolute atomic E-state index is 14.3.